The third-order valence-electron chi connectivity index (χ3n) is 5.14. The zero-order valence-corrected chi connectivity index (χ0v) is 15.4. The lowest BCUT2D eigenvalue weighted by Gasteiger charge is -2.11. The van der Waals surface area contributed by atoms with E-state index in [2.05, 4.69) is 58.6 Å². The smallest absolute Gasteiger partial charge is 0.244 e. The van der Waals surface area contributed by atoms with Crippen LogP contribution >= 0.6 is 15.9 Å². The SMILES string of the molecule is CNc1ncc(Br)cc1S(=O)(=O)NCC1C(C)(C)C1(C)C. The number of hydrogen-bond donors (Lipinski definition) is 2. The van der Waals surface area contributed by atoms with E-state index in [1.807, 2.05) is 0 Å². The Morgan fingerprint density at radius 2 is 1.86 bits per heavy atom. The highest BCUT2D eigenvalue weighted by Crippen LogP contribution is 2.67. The fourth-order valence-corrected chi connectivity index (χ4v) is 4.64. The molecule has 0 bridgehead atoms. The van der Waals surface area contributed by atoms with Crippen molar-refractivity contribution < 1.29 is 8.42 Å². The minimum Gasteiger partial charge on any atom is -0.372 e. The molecule has 0 atom stereocenters. The van der Waals surface area contributed by atoms with Crippen molar-refractivity contribution >= 4 is 31.8 Å². The van der Waals surface area contributed by atoms with Crippen molar-refractivity contribution in [3.05, 3.63) is 16.7 Å². The molecule has 1 fully saturated rings. The van der Waals surface area contributed by atoms with Gasteiger partial charge in [-0.25, -0.2) is 18.1 Å². The molecule has 118 valence electrons. The second-order valence-electron chi connectivity index (χ2n) is 6.60. The van der Waals surface area contributed by atoms with Gasteiger partial charge in [0.1, 0.15) is 10.7 Å². The van der Waals surface area contributed by atoms with Crippen LogP contribution in [-0.2, 0) is 10.0 Å². The molecule has 7 heteroatoms. The summed E-state index contributed by atoms with van der Waals surface area (Å²) in [5, 5.41) is 2.81. The van der Waals surface area contributed by atoms with Crippen molar-refractivity contribution in [1.29, 1.82) is 0 Å². The molecular formula is C14H22BrN3O2S. The van der Waals surface area contributed by atoms with Crippen LogP contribution in [0.15, 0.2) is 21.6 Å². The van der Waals surface area contributed by atoms with Crippen LogP contribution in [0.2, 0.25) is 0 Å². The van der Waals surface area contributed by atoms with E-state index in [4.69, 9.17) is 0 Å². The van der Waals surface area contributed by atoms with Gasteiger partial charge >= 0.3 is 0 Å². The van der Waals surface area contributed by atoms with Crippen molar-refractivity contribution in [1.82, 2.24) is 9.71 Å². The topological polar surface area (TPSA) is 71.1 Å². The molecule has 1 saturated carbocycles. The molecular weight excluding hydrogens is 354 g/mol. The first kappa shape index (κ1) is 16.7. The van der Waals surface area contributed by atoms with Crippen LogP contribution < -0.4 is 10.0 Å². The summed E-state index contributed by atoms with van der Waals surface area (Å²) in [6.07, 6.45) is 1.57. The van der Waals surface area contributed by atoms with E-state index in [1.54, 1.807) is 19.3 Å². The third kappa shape index (κ3) is 2.83. The number of aromatic nitrogens is 1. The zero-order chi connectivity index (χ0) is 16.1. The van der Waals surface area contributed by atoms with Crippen LogP contribution in [0.3, 0.4) is 0 Å². The van der Waals surface area contributed by atoms with Gasteiger partial charge in [-0.1, -0.05) is 27.7 Å². The highest BCUT2D eigenvalue weighted by atomic mass is 79.9. The monoisotopic (exact) mass is 375 g/mol. The Balaban J connectivity index is 2.19. The Hall–Kier alpha value is -0.660. The first-order valence-electron chi connectivity index (χ1n) is 6.87. The number of rotatable bonds is 5. The molecule has 1 aromatic heterocycles. The summed E-state index contributed by atoms with van der Waals surface area (Å²) in [6, 6.07) is 1.56. The normalized spacial score (nSPS) is 20.3. The molecule has 21 heavy (non-hydrogen) atoms. The molecule has 0 spiro atoms. The van der Waals surface area contributed by atoms with E-state index in [0.717, 1.165) is 0 Å². The summed E-state index contributed by atoms with van der Waals surface area (Å²) < 4.78 is 28.4. The van der Waals surface area contributed by atoms with Crippen LogP contribution in [0.5, 0.6) is 0 Å². The van der Waals surface area contributed by atoms with E-state index >= 15 is 0 Å². The van der Waals surface area contributed by atoms with Gasteiger partial charge in [-0.2, -0.15) is 0 Å². The predicted molar refractivity (Wildman–Crippen MR) is 87.7 cm³/mol. The van der Waals surface area contributed by atoms with Gasteiger partial charge in [0, 0.05) is 24.3 Å². The number of hydrogen-bond acceptors (Lipinski definition) is 4. The maximum atomic E-state index is 12.5. The molecule has 0 unspecified atom stereocenters. The van der Waals surface area contributed by atoms with E-state index < -0.39 is 10.0 Å². The second-order valence-corrected chi connectivity index (χ2v) is 9.25. The van der Waals surface area contributed by atoms with Crippen LogP contribution in [-0.4, -0.2) is 27.0 Å². The minimum absolute atomic E-state index is 0.150. The molecule has 1 heterocycles. The number of nitrogens with zero attached hydrogens (tertiary/aromatic N) is 1. The van der Waals surface area contributed by atoms with Crippen molar-refractivity contribution in [2.24, 2.45) is 16.7 Å². The molecule has 0 aromatic carbocycles. The molecule has 1 aliphatic rings. The molecule has 0 amide bonds. The summed E-state index contributed by atoms with van der Waals surface area (Å²) >= 11 is 3.26. The Morgan fingerprint density at radius 1 is 1.29 bits per heavy atom. The fourth-order valence-electron chi connectivity index (χ4n) is 2.93. The van der Waals surface area contributed by atoms with Crippen molar-refractivity contribution in [3.63, 3.8) is 0 Å². The summed E-state index contributed by atoms with van der Waals surface area (Å²) in [5.41, 5.74) is 0.299. The third-order valence-corrected chi connectivity index (χ3v) is 7.01. The van der Waals surface area contributed by atoms with Crippen molar-refractivity contribution in [3.8, 4) is 0 Å². The highest BCUT2D eigenvalue weighted by Gasteiger charge is 2.64. The average Bonchev–Trinajstić information content (AvgIpc) is 2.77. The van der Waals surface area contributed by atoms with Crippen LogP contribution in [0.4, 0.5) is 5.82 Å². The second kappa shape index (κ2) is 5.21. The molecule has 1 aliphatic carbocycles. The number of anilines is 1. The lowest BCUT2D eigenvalue weighted by atomic mass is 10.0. The van der Waals surface area contributed by atoms with Gasteiger partial charge in [-0.15, -0.1) is 0 Å². The van der Waals surface area contributed by atoms with Crippen molar-refractivity contribution in [2.45, 2.75) is 32.6 Å². The Bertz CT molecular complexity index is 642. The molecule has 5 nitrogen and oxygen atoms in total. The molecule has 2 N–H and O–H groups in total. The summed E-state index contributed by atoms with van der Waals surface area (Å²) in [7, 11) is -1.93. The number of pyridine rings is 1. The highest BCUT2D eigenvalue weighted by molar-refractivity contribution is 9.10. The zero-order valence-electron chi connectivity index (χ0n) is 13.0. The van der Waals surface area contributed by atoms with Gasteiger partial charge in [0.25, 0.3) is 0 Å². The lowest BCUT2D eigenvalue weighted by molar-refractivity contribution is 0.457. The fraction of sp³-hybridized carbons (Fsp3) is 0.643. The molecule has 1 aromatic rings. The standard InChI is InChI=1S/C14H22BrN3O2S/c1-13(2)11(14(13,3)4)8-18-21(19,20)10-6-9(15)7-17-12(10)16-5/h6-7,11,18H,8H2,1-5H3,(H,16,17). The maximum absolute atomic E-state index is 12.5. The van der Waals surface area contributed by atoms with Gasteiger partial charge < -0.3 is 5.32 Å². The Kier molecular flexibility index (Phi) is 4.14. The summed E-state index contributed by atoms with van der Waals surface area (Å²) in [4.78, 5) is 4.25. The summed E-state index contributed by atoms with van der Waals surface area (Å²) in [6.45, 7) is 9.13. The summed E-state index contributed by atoms with van der Waals surface area (Å²) in [5.74, 6) is 0.679. The number of sulfonamides is 1. The Labute approximate surface area is 135 Å². The number of halogens is 1. The maximum Gasteiger partial charge on any atom is 0.244 e. The van der Waals surface area contributed by atoms with Crippen molar-refractivity contribution in [2.75, 3.05) is 18.9 Å². The molecule has 0 saturated heterocycles. The quantitative estimate of drug-likeness (QED) is 0.829. The van der Waals surface area contributed by atoms with E-state index in [0.29, 0.717) is 22.8 Å². The van der Waals surface area contributed by atoms with E-state index in [-0.39, 0.29) is 15.7 Å². The largest absolute Gasteiger partial charge is 0.372 e. The van der Waals surface area contributed by atoms with Gasteiger partial charge in [-0.05, 0) is 38.7 Å². The first-order valence-corrected chi connectivity index (χ1v) is 9.14. The minimum atomic E-state index is -3.59. The van der Waals surface area contributed by atoms with Crippen LogP contribution in [0.1, 0.15) is 27.7 Å². The molecule has 0 radical (unpaired) electrons. The molecule has 0 aliphatic heterocycles. The Morgan fingerprint density at radius 3 is 2.33 bits per heavy atom. The predicted octanol–water partition coefficient (Wildman–Crippen LogP) is 2.85. The first-order chi connectivity index (χ1) is 9.54. The van der Waals surface area contributed by atoms with Crippen LogP contribution in [0.25, 0.3) is 0 Å². The lowest BCUT2D eigenvalue weighted by Crippen LogP contribution is -2.28. The van der Waals surface area contributed by atoms with Gasteiger partial charge in [-0.3, -0.25) is 0 Å². The van der Waals surface area contributed by atoms with Gasteiger partial charge in [0.15, 0.2) is 0 Å². The number of nitrogens with one attached hydrogen (secondary N) is 2. The molecule has 2 rings (SSSR count). The van der Waals surface area contributed by atoms with E-state index in [1.165, 1.54) is 0 Å². The average molecular weight is 376 g/mol. The van der Waals surface area contributed by atoms with Gasteiger partial charge in [0.2, 0.25) is 10.0 Å². The van der Waals surface area contributed by atoms with Crippen LogP contribution in [0, 0.1) is 16.7 Å². The van der Waals surface area contributed by atoms with Gasteiger partial charge in [0.05, 0.1) is 0 Å². The van der Waals surface area contributed by atoms with E-state index in [9.17, 15) is 8.42 Å².